The summed E-state index contributed by atoms with van der Waals surface area (Å²) in [7, 11) is 0. The molecule has 2 atom stereocenters. The maximum atomic E-state index is 11.9. The van der Waals surface area contributed by atoms with Crippen LogP contribution in [-0.4, -0.2) is 18.6 Å². The summed E-state index contributed by atoms with van der Waals surface area (Å²) in [4.78, 5) is 11.9. The summed E-state index contributed by atoms with van der Waals surface area (Å²) in [5, 5.41) is 2.86. The van der Waals surface area contributed by atoms with Crippen molar-refractivity contribution in [2.24, 2.45) is 11.7 Å². The maximum absolute atomic E-state index is 11.9. The summed E-state index contributed by atoms with van der Waals surface area (Å²) >= 11 is 0. The molecule has 0 saturated heterocycles. The molecule has 3 N–H and O–H groups in total. The monoisotopic (exact) mass is 250 g/mol. The fraction of sp³-hybridized carbons (Fsp3) is 0.500. The van der Waals surface area contributed by atoms with Crippen molar-refractivity contribution < 1.29 is 9.53 Å². The number of carbonyl (C=O) groups excluding carboxylic acids is 1. The lowest BCUT2D eigenvalue weighted by molar-refractivity contribution is -0.119. The van der Waals surface area contributed by atoms with Gasteiger partial charge in [0.15, 0.2) is 0 Å². The molecule has 0 aromatic heterocycles. The Bertz CT molecular complexity index is 391. The van der Waals surface area contributed by atoms with E-state index in [1.165, 1.54) is 0 Å². The molecule has 2 unspecified atom stereocenters. The van der Waals surface area contributed by atoms with Crippen molar-refractivity contribution in [2.75, 3.05) is 11.9 Å². The highest BCUT2D eigenvalue weighted by atomic mass is 16.5. The lowest BCUT2D eigenvalue weighted by Gasteiger charge is -2.17. The zero-order valence-corrected chi connectivity index (χ0v) is 11.3. The molecule has 0 bridgehead atoms. The fourth-order valence-electron chi connectivity index (χ4n) is 1.39. The second-order valence-corrected chi connectivity index (χ2v) is 4.48. The number of benzene rings is 1. The molecule has 0 heterocycles. The molecule has 4 nitrogen and oxygen atoms in total. The first-order valence-corrected chi connectivity index (χ1v) is 6.34. The van der Waals surface area contributed by atoms with Crippen LogP contribution in [0.2, 0.25) is 0 Å². The summed E-state index contributed by atoms with van der Waals surface area (Å²) in [5.41, 5.74) is 6.41. The molecule has 1 amide bonds. The third-order valence-electron chi connectivity index (χ3n) is 2.81. The molecule has 18 heavy (non-hydrogen) atoms. The van der Waals surface area contributed by atoms with Gasteiger partial charge < -0.3 is 15.8 Å². The van der Waals surface area contributed by atoms with Gasteiger partial charge in [-0.2, -0.15) is 0 Å². The molecule has 0 aliphatic heterocycles. The van der Waals surface area contributed by atoms with Crippen molar-refractivity contribution >= 4 is 11.6 Å². The van der Waals surface area contributed by atoms with Crippen molar-refractivity contribution in [1.82, 2.24) is 0 Å². The third-order valence-corrected chi connectivity index (χ3v) is 2.81. The number of nitrogens with one attached hydrogen (secondary N) is 1. The van der Waals surface area contributed by atoms with Gasteiger partial charge in [-0.15, -0.1) is 0 Å². The van der Waals surface area contributed by atoms with Crippen LogP contribution in [0.15, 0.2) is 24.3 Å². The van der Waals surface area contributed by atoms with Crippen LogP contribution in [0.25, 0.3) is 0 Å². The quantitative estimate of drug-likeness (QED) is 0.814. The fourth-order valence-corrected chi connectivity index (χ4v) is 1.39. The lowest BCUT2D eigenvalue weighted by Crippen LogP contribution is -2.34. The number of para-hydroxylation sites is 2. The van der Waals surface area contributed by atoms with E-state index in [9.17, 15) is 4.79 Å². The van der Waals surface area contributed by atoms with Crippen molar-refractivity contribution in [3.63, 3.8) is 0 Å². The van der Waals surface area contributed by atoms with Crippen LogP contribution in [-0.2, 0) is 4.79 Å². The standard InChI is InChI=1S/C14H22N2O2/c1-4-9-18-13-8-6-5-7-12(13)16-14(17)10(2)11(3)15/h5-8,10-11H,4,9,15H2,1-3H3,(H,16,17). The van der Waals surface area contributed by atoms with E-state index in [0.29, 0.717) is 18.0 Å². The van der Waals surface area contributed by atoms with Crippen LogP contribution in [0.3, 0.4) is 0 Å². The molecular formula is C14H22N2O2. The number of anilines is 1. The van der Waals surface area contributed by atoms with Crippen LogP contribution in [0.5, 0.6) is 5.75 Å². The van der Waals surface area contributed by atoms with E-state index < -0.39 is 0 Å². The molecule has 1 aromatic carbocycles. The van der Waals surface area contributed by atoms with Crippen LogP contribution >= 0.6 is 0 Å². The van der Waals surface area contributed by atoms with Gasteiger partial charge in [-0.25, -0.2) is 0 Å². The molecule has 4 heteroatoms. The first-order chi connectivity index (χ1) is 8.56. The molecule has 0 aliphatic carbocycles. The highest BCUT2D eigenvalue weighted by molar-refractivity contribution is 5.94. The number of amides is 1. The Balaban J connectivity index is 2.74. The minimum absolute atomic E-state index is 0.0856. The minimum Gasteiger partial charge on any atom is -0.491 e. The SMILES string of the molecule is CCCOc1ccccc1NC(=O)C(C)C(C)N. The normalized spacial score (nSPS) is 13.8. The summed E-state index contributed by atoms with van der Waals surface area (Å²) in [5.74, 6) is 0.381. The first kappa shape index (κ1) is 14.5. The summed E-state index contributed by atoms with van der Waals surface area (Å²) < 4.78 is 5.58. The van der Waals surface area contributed by atoms with Gasteiger partial charge in [0.25, 0.3) is 0 Å². The van der Waals surface area contributed by atoms with Gasteiger partial charge in [-0.05, 0) is 25.5 Å². The highest BCUT2D eigenvalue weighted by Gasteiger charge is 2.18. The van der Waals surface area contributed by atoms with Gasteiger partial charge in [0.2, 0.25) is 5.91 Å². The first-order valence-electron chi connectivity index (χ1n) is 6.34. The average Bonchev–Trinajstić information content (AvgIpc) is 2.36. The van der Waals surface area contributed by atoms with Gasteiger partial charge in [0.1, 0.15) is 5.75 Å². The number of ether oxygens (including phenoxy) is 1. The molecule has 0 fully saturated rings. The Morgan fingerprint density at radius 3 is 2.67 bits per heavy atom. The zero-order valence-electron chi connectivity index (χ0n) is 11.3. The van der Waals surface area contributed by atoms with Crippen LogP contribution in [0.1, 0.15) is 27.2 Å². The van der Waals surface area contributed by atoms with E-state index in [1.807, 2.05) is 45.0 Å². The zero-order chi connectivity index (χ0) is 13.5. The number of rotatable bonds is 6. The molecule has 1 aromatic rings. The Kier molecular flexibility index (Phi) is 5.65. The summed E-state index contributed by atoms with van der Waals surface area (Å²) in [6.07, 6.45) is 0.929. The minimum atomic E-state index is -0.232. The molecule has 0 saturated carbocycles. The molecule has 0 aliphatic rings. The summed E-state index contributed by atoms with van der Waals surface area (Å²) in [6, 6.07) is 7.26. The van der Waals surface area contributed by atoms with E-state index in [4.69, 9.17) is 10.5 Å². The van der Waals surface area contributed by atoms with E-state index in [-0.39, 0.29) is 17.9 Å². The highest BCUT2D eigenvalue weighted by Crippen LogP contribution is 2.24. The van der Waals surface area contributed by atoms with Crippen molar-refractivity contribution in [3.05, 3.63) is 24.3 Å². The number of hydrogen-bond acceptors (Lipinski definition) is 3. The molecule has 0 spiro atoms. The number of nitrogens with two attached hydrogens (primary N) is 1. The predicted octanol–water partition coefficient (Wildman–Crippen LogP) is 2.40. The Hall–Kier alpha value is -1.55. The number of carbonyl (C=O) groups is 1. The van der Waals surface area contributed by atoms with E-state index in [0.717, 1.165) is 6.42 Å². The van der Waals surface area contributed by atoms with Gasteiger partial charge >= 0.3 is 0 Å². The van der Waals surface area contributed by atoms with Crippen LogP contribution < -0.4 is 15.8 Å². The van der Waals surface area contributed by atoms with Gasteiger partial charge in [-0.1, -0.05) is 26.0 Å². The van der Waals surface area contributed by atoms with Gasteiger partial charge in [-0.3, -0.25) is 4.79 Å². The van der Waals surface area contributed by atoms with Crippen molar-refractivity contribution in [2.45, 2.75) is 33.2 Å². The molecular weight excluding hydrogens is 228 g/mol. The predicted molar refractivity (Wildman–Crippen MR) is 73.7 cm³/mol. The average molecular weight is 250 g/mol. The smallest absolute Gasteiger partial charge is 0.228 e. The third kappa shape index (κ3) is 4.04. The van der Waals surface area contributed by atoms with E-state index in [2.05, 4.69) is 5.32 Å². The van der Waals surface area contributed by atoms with E-state index >= 15 is 0 Å². The Labute approximate surface area is 109 Å². The number of hydrogen-bond donors (Lipinski definition) is 2. The second kappa shape index (κ2) is 7.01. The Morgan fingerprint density at radius 2 is 2.06 bits per heavy atom. The van der Waals surface area contributed by atoms with Crippen LogP contribution in [0.4, 0.5) is 5.69 Å². The molecule has 100 valence electrons. The topological polar surface area (TPSA) is 64.3 Å². The Morgan fingerprint density at radius 1 is 1.39 bits per heavy atom. The maximum Gasteiger partial charge on any atom is 0.228 e. The summed E-state index contributed by atoms with van der Waals surface area (Å²) in [6.45, 7) is 6.31. The molecule has 1 rings (SSSR count). The second-order valence-electron chi connectivity index (χ2n) is 4.48. The molecule has 0 radical (unpaired) electrons. The van der Waals surface area contributed by atoms with Gasteiger partial charge in [0, 0.05) is 6.04 Å². The lowest BCUT2D eigenvalue weighted by atomic mass is 10.0. The van der Waals surface area contributed by atoms with Crippen molar-refractivity contribution in [3.8, 4) is 5.75 Å². The van der Waals surface area contributed by atoms with E-state index in [1.54, 1.807) is 0 Å². The van der Waals surface area contributed by atoms with Crippen LogP contribution in [0, 0.1) is 5.92 Å². The largest absolute Gasteiger partial charge is 0.491 e. The van der Waals surface area contributed by atoms with Crippen molar-refractivity contribution in [1.29, 1.82) is 0 Å². The van der Waals surface area contributed by atoms with Gasteiger partial charge in [0.05, 0.1) is 18.2 Å².